The van der Waals surface area contributed by atoms with Gasteiger partial charge in [0, 0.05) is 0 Å². The van der Waals surface area contributed by atoms with Crippen LogP contribution >= 0.6 is 15.9 Å². The number of carboxylic acid groups (broad SMARTS) is 1. The monoisotopic (exact) mass is 270 g/mol. The van der Waals surface area contributed by atoms with E-state index in [2.05, 4.69) is 15.9 Å². The minimum absolute atomic E-state index is 0.220. The minimum atomic E-state index is -0.812. The van der Waals surface area contributed by atoms with Crippen molar-refractivity contribution >= 4 is 21.9 Å². The van der Waals surface area contributed by atoms with Crippen molar-refractivity contribution in [2.45, 2.75) is 13.3 Å². The van der Waals surface area contributed by atoms with E-state index >= 15 is 0 Å². The van der Waals surface area contributed by atoms with E-state index in [0.717, 1.165) is 15.8 Å². The Morgan fingerprint density at radius 1 is 1.60 bits per heavy atom. The average molecular weight is 271 g/mol. The van der Waals surface area contributed by atoms with Gasteiger partial charge in [0.05, 0.1) is 4.47 Å². The molecule has 0 spiro atoms. The number of halogens is 1. The molecule has 0 saturated heterocycles. The zero-order valence-corrected chi connectivity index (χ0v) is 9.87. The van der Waals surface area contributed by atoms with Gasteiger partial charge >= 0.3 is 5.97 Å². The lowest BCUT2D eigenvalue weighted by Gasteiger charge is -2.31. The van der Waals surface area contributed by atoms with Gasteiger partial charge in [0.1, 0.15) is 17.8 Å². The van der Waals surface area contributed by atoms with Crippen molar-refractivity contribution < 1.29 is 14.6 Å². The SMILES string of the molecule is CC1(C(=O)O)COc2c(Br)cccc2C1. The largest absolute Gasteiger partial charge is 0.491 e. The molecule has 0 radical (unpaired) electrons. The van der Waals surface area contributed by atoms with Crippen molar-refractivity contribution in [2.75, 3.05) is 6.61 Å². The zero-order chi connectivity index (χ0) is 11.1. The van der Waals surface area contributed by atoms with E-state index in [9.17, 15) is 4.79 Å². The summed E-state index contributed by atoms with van der Waals surface area (Å²) in [6.45, 7) is 1.93. The fourth-order valence-electron chi connectivity index (χ4n) is 1.69. The summed E-state index contributed by atoms with van der Waals surface area (Å²) in [5, 5.41) is 9.10. The molecule has 80 valence electrons. The minimum Gasteiger partial charge on any atom is -0.491 e. The molecule has 1 N–H and O–H groups in total. The molecular weight excluding hydrogens is 260 g/mol. The standard InChI is InChI=1S/C11H11BrO3/c1-11(10(13)14)5-7-3-2-4-8(12)9(7)15-6-11/h2-4H,5-6H2,1H3,(H,13,14). The topological polar surface area (TPSA) is 46.5 Å². The molecule has 2 rings (SSSR count). The Labute approximate surface area is 96.2 Å². The highest BCUT2D eigenvalue weighted by Gasteiger charge is 2.38. The number of carboxylic acids is 1. The third kappa shape index (κ3) is 1.74. The number of fused-ring (bicyclic) bond motifs is 1. The molecule has 0 aromatic heterocycles. The normalized spacial score (nSPS) is 24.1. The lowest BCUT2D eigenvalue weighted by Crippen LogP contribution is -2.39. The van der Waals surface area contributed by atoms with Gasteiger partial charge in [-0.05, 0) is 40.9 Å². The number of rotatable bonds is 1. The van der Waals surface area contributed by atoms with Crippen LogP contribution in [0.15, 0.2) is 22.7 Å². The van der Waals surface area contributed by atoms with E-state index in [0.29, 0.717) is 6.42 Å². The number of hydrogen-bond donors (Lipinski definition) is 1. The number of carbonyl (C=O) groups is 1. The molecule has 1 aliphatic rings. The van der Waals surface area contributed by atoms with Crippen LogP contribution in [-0.4, -0.2) is 17.7 Å². The van der Waals surface area contributed by atoms with Gasteiger partial charge in [-0.25, -0.2) is 0 Å². The van der Waals surface area contributed by atoms with Crippen LogP contribution < -0.4 is 4.74 Å². The second-order valence-corrected chi connectivity index (χ2v) is 4.91. The molecule has 1 aromatic carbocycles. The van der Waals surface area contributed by atoms with Crippen molar-refractivity contribution in [1.29, 1.82) is 0 Å². The third-order valence-corrected chi connectivity index (χ3v) is 3.30. The van der Waals surface area contributed by atoms with Crippen molar-refractivity contribution in [3.8, 4) is 5.75 Å². The third-order valence-electron chi connectivity index (χ3n) is 2.68. The number of benzene rings is 1. The van der Waals surface area contributed by atoms with Crippen LogP contribution in [0.2, 0.25) is 0 Å². The molecular formula is C11H11BrO3. The first-order valence-corrected chi connectivity index (χ1v) is 5.46. The second kappa shape index (κ2) is 3.52. The molecule has 1 aromatic rings. The lowest BCUT2D eigenvalue weighted by molar-refractivity contribution is -0.150. The van der Waals surface area contributed by atoms with Crippen LogP contribution in [0.1, 0.15) is 12.5 Å². The van der Waals surface area contributed by atoms with Gasteiger partial charge in [0.25, 0.3) is 0 Å². The smallest absolute Gasteiger partial charge is 0.313 e. The molecule has 3 nitrogen and oxygen atoms in total. The Bertz CT molecular complexity index is 416. The van der Waals surface area contributed by atoms with Crippen molar-refractivity contribution in [1.82, 2.24) is 0 Å². The molecule has 0 fully saturated rings. The highest BCUT2D eigenvalue weighted by molar-refractivity contribution is 9.10. The molecule has 1 atom stereocenters. The van der Waals surface area contributed by atoms with E-state index in [1.807, 2.05) is 18.2 Å². The highest BCUT2D eigenvalue weighted by Crippen LogP contribution is 2.38. The second-order valence-electron chi connectivity index (χ2n) is 4.06. The van der Waals surface area contributed by atoms with Crippen molar-refractivity contribution in [3.63, 3.8) is 0 Å². The van der Waals surface area contributed by atoms with Gasteiger partial charge in [-0.15, -0.1) is 0 Å². The Kier molecular flexibility index (Phi) is 2.46. The first kappa shape index (κ1) is 10.5. The first-order chi connectivity index (χ1) is 7.03. The molecule has 0 bridgehead atoms. The Morgan fingerprint density at radius 2 is 2.33 bits per heavy atom. The van der Waals surface area contributed by atoms with Gasteiger partial charge in [0.2, 0.25) is 0 Å². The average Bonchev–Trinajstić information content (AvgIpc) is 2.17. The van der Waals surface area contributed by atoms with Gasteiger partial charge in [-0.3, -0.25) is 4.79 Å². The number of hydrogen-bond acceptors (Lipinski definition) is 2. The molecule has 15 heavy (non-hydrogen) atoms. The Hall–Kier alpha value is -1.03. The number of aliphatic carboxylic acids is 1. The van der Waals surface area contributed by atoms with E-state index in [1.165, 1.54) is 0 Å². The molecule has 1 aliphatic heterocycles. The lowest BCUT2D eigenvalue weighted by atomic mass is 9.82. The maximum Gasteiger partial charge on any atom is 0.313 e. The molecule has 4 heteroatoms. The predicted octanol–water partition coefficient (Wildman–Crippen LogP) is 2.47. The fourth-order valence-corrected chi connectivity index (χ4v) is 2.22. The van der Waals surface area contributed by atoms with E-state index in [-0.39, 0.29) is 6.61 Å². The van der Waals surface area contributed by atoms with Crippen LogP contribution in [0.4, 0.5) is 0 Å². The molecule has 1 unspecified atom stereocenters. The molecule has 0 aliphatic carbocycles. The maximum absolute atomic E-state index is 11.1. The summed E-state index contributed by atoms with van der Waals surface area (Å²) in [7, 11) is 0. The Morgan fingerprint density at radius 3 is 3.00 bits per heavy atom. The fraction of sp³-hybridized carbons (Fsp3) is 0.364. The van der Waals surface area contributed by atoms with E-state index in [4.69, 9.17) is 9.84 Å². The highest BCUT2D eigenvalue weighted by atomic mass is 79.9. The molecule has 0 amide bonds. The summed E-state index contributed by atoms with van der Waals surface area (Å²) < 4.78 is 6.39. The number of para-hydroxylation sites is 1. The summed E-state index contributed by atoms with van der Waals surface area (Å²) in [6.07, 6.45) is 0.511. The maximum atomic E-state index is 11.1. The van der Waals surface area contributed by atoms with Crippen LogP contribution in [0.5, 0.6) is 5.75 Å². The predicted molar refractivity (Wildman–Crippen MR) is 59.1 cm³/mol. The zero-order valence-electron chi connectivity index (χ0n) is 8.29. The summed E-state index contributed by atoms with van der Waals surface area (Å²) in [5.74, 6) is -0.0376. The molecule has 0 saturated carbocycles. The van der Waals surface area contributed by atoms with Gasteiger partial charge in [0.15, 0.2) is 0 Å². The Balaban J connectivity index is 2.39. The van der Waals surface area contributed by atoms with Crippen LogP contribution in [0.3, 0.4) is 0 Å². The first-order valence-electron chi connectivity index (χ1n) is 4.66. The van der Waals surface area contributed by atoms with Gasteiger partial charge in [-0.1, -0.05) is 12.1 Å². The van der Waals surface area contributed by atoms with E-state index < -0.39 is 11.4 Å². The summed E-state index contributed by atoms with van der Waals surface area (Å²) in [4.78, 5) is 11.1. The van der Waals surface area contributed by atoms with Crippen LogP contribution in [0.25, 0.3) is 0 Å². The summed E-state index contributed by atoms with van der Waals surface area (Å²) in [5.41, 5.74) is 0.133. The molecule has 1 heterocycles. The van der Waals surface area contributed by atoms with Crippen LogP contribution in [0, 0.1) is 5.41 Å². The van der Waals surface area contributed by atoms with E-state index in [1.54, 1.807) is 6.92 Å². The summed E-state index contributed by atoms with van der Waals surface area (Å²) >= 11 is 3.38. The van der Waals surface area contributed by atoms with Gasteiger partial charge in [-0.2, -0.15) is 0 Å². The number of ether oxygens (including phenoxy) is 1. The van der Waals surface area contributed by atoms with Crippen molar-refractivity contribution in [3.05, 3.63) is 28.2 Å². The van der Waals surface area contributed by atoms with Crippen molar-refractivity contribution in [2.24, 2.45) is 5.41 Å². The van der Waals surface area contributed by atoms with Crippen LogP contribution in [-0.2, 0) is 11.2 Å². The summed E-state index contributed by atoms with van der Waals surface area (Å²) in [6, 6.07) is 5.68. The quantitative estimate of drug-likeness (QED) is 0.853. The van der Waals surface area contributed by atoms with Gasteiger partial charge < -0.3 is 9.84 Å².